The molecule has 0 aliphatic carbocycles. The van der Waals surface area contributed by atoms with Gasteiger partial charge in [-0.25, -0.2) is 5.26 Å². The first-order valence-corrected chi connectivity index (χ1v) is 2.29. The molecule has 0 aromatic carbocycles. The van der Waals surface area contributed by atoms with Crippen molar-refractivity contribution < 1.29 is 19.6 Å². The van der Waals surface area contributed by atoms with E-state index >= 15 is 0 Å². The highest BCUT2D eigenvalue weighted by molar-refractivity contribution is 4.12. The summed E-state index contributed by atoms with van der Waals surface area (Å²) in [6.07, 6.45) is 0. The summed E-state index contributed by atoms with van der Waals surface area (Å²) in [4.78, 5) is 3.70. The van der Waals surface area contributed by atoms with E-state index in [2.05, 4.69) is 14.4 Å². The van der Waals surface area contributed by atoms with Gasteiger partial charge in [-0.2, -0.15) is 4.89 Å². The second-order valence-corrected chi connectivity index (χ2v) is 1.09. The van der Waals surface area contributed by atoms with E-state index in [9.17, 15) is 0 Å². The fourth-order valence-corrected chi connectivity index (χ4v) is 0.278. The van der Waals surface area contributed by atoms with Crippen molar-refractivity contribution in [3.8, 4) is 0 Å². The van der Waals surface area contributed by atoms with Crippen LogP contribution in [0.2, 0.25) is 0 Å². The topological polar surface area (TPSA) is 47.9 Å². The second kappa shape index (κ2) is 4.99. The molecule has 0 amide bonds. The Hall–Kier alpha value is -0.160. The normalized spacial score (nSPS) is 13.9. The van der Waals surface area contributed by atoms with E-state index in [0.717, 1.165) is 0 Å². The van der Waals surface area contributed by atoms with Crippen molar-refractivity contribution in [2.75, 3.05) is 13.7 Å². The van der Waals surface area contributed by atoms with Crippen LogP contribution < -0.4 is 0 Å². The Morgan fingerprint density at radius 3 is 2.38 bits per heavy atom. The predicted octanol–water partition coefficient (Wildman–Crippen LogP) is 0.442. The zero-order valence-electron chi connectivity index (χ0n) is 4.96. The number of rotatable bonds is 4. The van der Waals surface area contributed by atoms with Crippen LogP contribution in [0.5, 0.6) is 0 Å². The molecule has 0 aromatic heterocycles. The average Bonchev–Trinajstić information content (AvgIpc) is 1.83. The second-order valence-electron chi connectivity index (χ2n) is 1.09. The molecule has 0 bridgehead atoms. The van der Waals surface area contributed by atoms with Gasteiger partial charge in [-0.05, 0) is 6.92 Å². The number of ether oxygens (including phenoxy) is 2. The van der Waals surface area contributed by atoms with Crippen LogP contribution in [0.25, 0.3) is 0 Å². The summed E-state index contributed by atoms with van der Waals surface area (Å²) < 4.78 is 9.09. The molecule has 0 fully saturated rings. The van der Waals surface area contributed by atoms with E-state index in [1.54, 1.807) is 6.92 Å². The molecule has 0 rings (SSSR count). The van der Waals surface area contributed by atoms with Gasteiger partial charge in [0.1, 0.15) is 0 Å². The Morgan fingerprint density at radius 2 is 2.25 bits per heavy atom. The van der Waals surface area contributed by atoms with Crippen molar-refractivity contribution in [2.24, 2.45) is 0 Å². The van der Waals surface area contributed by atoms with Crippen LogP contribution >= 0.6 is 0 Å². The van der Waals surface area contributed by atoms with Gasteiger partial charge in [-0.1, -0.05) is 0 Å². The van der Waals surface area contributed by atoms with Gasteiger partial charge < -0.3 is 9.47 Å². The summed E-state index contributed by atoms with van der Waals surface area (Å²) >= 11 is 0. The van der Waals surface area contributed by atoms with Gasteiger partial charge in [-0.3, -0.25) is 0 Å². The first kappa shape index (κ1) is 7.84. The van der Waals surface area contributed by atoms with Crippen LogP contribution in [-0.4, -0.2) is 25.5 Å². The first-order chi connectivity index (χ1) is 3.85. The summed E-state index contributed by atoms with van der Waals surface area (Å²) in [5, 5.41) is 7.91. The van der Waals surface area contributed by atoms with Crippen molar-refractivity contribution in [1.29, 1.82) is 0 Å². The fraction of sp³-hybridized carbons (Fsp3) is 1.00. The van der Waals surface area contributed by atoms with Crippen molar-refractivity contribution in [2.45, 2.75) is 13.4 Å². The van der Waals surface area contributed by atoms with Gasteiger partial charge in [0.05, 0.1) is 0 Å². The quantitative estimate of drug-likeness (QED) is 0.334. The molecule has 0 aliphatic heterocycles. The van der Waals surface area contributed by atoms with Gasteiger partial charge in [0.25, 0.3) is 0 Å². The van der Waals surface area contributed by atoms with Crippen molar-refractivity contribution in [3.63, 3.8) is 0 Å². The lowest BCUT2D eigenvalue weighted by atomic mass is 10.9. The summed E-state index contributed by atoms with van der Waals surface area (Å²) in [5.74, 6) is 0. The molecular weight excluding hydrogens is 112 g/mol. The van der Waals surface area contributed by atoms with E-state index in [1.165, 1.54) is 7.11 Å². The van der Waals surface area contributed by atoms with Crippen molar-refractivity contribution >= 4 is 0 Å². The van der Waals surface area contributed by atoms with Crippen LogP contribution in [-0.2, 0) is 14.4 Å². The SMILES string of the molecule is CCOC(OC)OO. The van der Waals surface area contributed by atoms with E-state index in [-0.39, 0.29) is 0 Å². The van der Waals surface area contributed by atoms with E-state index < -0.39 is 6.48 Å². The third kappa shape index (κ3) is 2.92. The van der Waals surface area contributed by atoms with Crippen LogP contribution in [0.1, 0.15) is 6.92 Å². The van der Waals surface area contributed by atoms with Gasteiger partial charge in [0, 0.05) is 13.7 Å². The molecule has 0 aliphatic rings. The highest BCUT2D eigenvalue weighted by Gasteiger charge is 2.02. The fourth-order valence-electron chi connectivity index (χ4n) is 0.278. The molecule has 4 heteroatoms. The maximum absolute atomic E-state index is 7.91. The first-order valence-electron chi connectivity index (χ1n) is 2.29. The van der Waals surface area contributed by atoms with Gasteiger partial charge >= 0.3 is 6.48 Å². The van der Waals surface area contributed by atoms with Gasteiger partial charge in [0.2, 0.25) is 0 Å². The predicted molar refractivity (Wildman–Crippen MR) is 26.1 cm³/mol. The molecule has 0 saturated carbocycles. The average molecular weight is 122 g/mol. The zero-order chi connectivity index (χ0) is 6.41. The minimum absolute atomic E-state index is 0.444. The number of hydrogen-bond donors (Lipinski definition) is 1. The maximum atomic E-state index is 7.91. The lowest BCUT2D eigenvalue weighted by Gasteiger charge is -2.08. The molecule has 0 radical (unpaired) electrons. The molecule has 1 atom stereocenters. The third-order valence-corrected chi connectivity index (χ3v) is 0.581. The largest absolute Gasteiger partial charge is 0.331 e. The zero-order valence-corrected chi connectivity index (χ0v) is 4.96. The highest BCUT2D eigenvalue weighted by Crippen LogP contribution is 1.90. The molecule has 0 saturated heterocycles. The van der Waals surface area contributed by atoms with Crippen LogP contribution in [0.15, 0.2) is 0 Å². The van der Waals surface area contributed by atoms with Crippen LogP contribution in [0, 0.1) is 0 Å². The van der Waals surface area contributed by atoms with Crippen LogP contribution in [0.3, 0.4) is 0 Å². The smallest absolute Gasteiger partial charge is 0.300 e. The Bertz CT molecular complexity index is 43.3. The van der Waals surface area contributed by atoms with Gasteiger partial charge in [-0.15, -0.1) is 0 Å². The molecule has 0 heterocycles. The minimum atomic E-state index is -0.944. The molecule has 4 nitrogen and oxygen atoms in total. The molecule has 0 aromatic rings. The minimum Gasteiger partial charge on any atom is -0.331 e. The summed E-state index contributed by atoms with van der Waals surface area (Å²) in [6, 6.07) is 0. The standard InChI is InChI=1S/C4H10O4/c1-3-7-4(6-2)8-5/h4-5H,3H2,1-2H3. The van der Waals surface area contributed by atoms with E-state index in [4.69, 9.17) is 5.26 Å². The Morgan fingerprint density at radius 1 is 1.62 bits per heavy atom. The molecule has 0 spiro atoms. The van der Waals surface area contributed by atoms with Crippen molar-refractivity contribution in [3.05, 3.63) is 0 Å². The molecule has 50 valence electrons. The molecular formula is C4H10O4. The molecule has 8 heavy (non-hydrogen) atoms. The third-order valence-electron chi connectivity index (χ3n) is 0.581. The van der Waals surface area contributed by atoms with E-state index in [0.29, 0.717) is 6.61 Å². The Kier molecular flexibility index (Phi) is 4.89. The monoisotopic (exact) mass is 122 g/mol. The Labute approximate surface area is 47.9 Å². The van der Waals surface area contributed by atoms with E-state index in [1.807, 2.05) is 0 Å². The lowest BCUT2D eigenvalue weighted by Crippen LogP contribution is -2.17. The number of methoxy groups -OCH3 is 1. The molecule has 1 unspecified atom stereocenters. The highest BCUT2D eigenvalue weighted by atomic mass is 17.2. The lowest BCUT2D eigenvalue weighted by molar-refractivity contribution is -0.417. The van der Waals surface area contributed by atoms with Crippen LogP contribution in [0.4, 0.5) is 0 Å². The maximum Gasteiger partial charge on any atom is 0.300 e. The van der Waals surface area contributed by atoms with Crippen molar-refractivity contribution in [1.82, 2.24) is 0 Å². The number of hydrogen-bond acceptors (Lipinski definition) is 4. The van der Waals surface area contributed by atoms with Gasteiger partial charge in [0.15, 0.2) is 0 Å². The summed E-state index contributed by atoms with van der Waals surface area (Å²) in [5.41, 5.74) is 0. The Balaban J connectivity index is 3.07. The summed E-state index contributed by atoms with van der Waals surface area (Å²) in [6.45, 7) is 1.27. The summed E-state index contributed by atoms with van der Waals surface area (Å²) in [7, 11) is 1.37. The molecule has 1 N–H and O–H groups in total.